The van der Waals surface area contributed by atoms with Crippen LogP contribution in [0.1, 0.15) is 0 Å². The van der Waals surface area contributed by atoms with E-state index in [4.69, 9.17) is 0 Å². The van der Waals surface area contributed by atoms with E-state index < -0.39 is 7.81 Å². The van der Waals surface area contributed by atoms with Crippen LogP contribution in [-0.2, 0) is 12.6 Å². The first-order chi connectivity index (χ1) is 6.24. The first-order valence-corrected chi connectivity index (χ1v) is 6.28. The normalized spacial score (nSPS) is 15.7. The Labute approximate surface area is 92.7 Å². The van der Waals surface area contributed by atoms with Gasteiger partial charge in [-0.15, -0.1) is 12.6 Å². The van der Waals surface area contributed by atoms with Gasteiger partial charge in [0.15, 0.2) is 0 Å². The van der Waals surface area contributed by atoms with Gasteiger partial charge in [0, 0.05) is 4.90 Å². The molecule has 0 fully saturated rings. The van der Waals surface area contributed by atoms with Crippen LogP contribution in [0.15, 0.2) is 34.1 Å². The number of halogens is 6. The molecule has 1 aromatic rings. The summed E-state index contributed by atoms with van der Waals surface area (Å²) < 4.78 is 59.2. The largest absolute Gasteiger partial charge is 0.150 e. The molecule has 0 nitrogen and oxygen atoms in total. The molecule has 9 heteroatoms. The predicted octanol–water partition coefficient (Wildman–Crippen LogP) is 4.73. The van der Waals surface area contributed by atoms with E-state index in [0.717, 1.165) is 9.79 Å². The fourth-order valence-corrected chi connectivity index (χ4v) is 0.777. The zero-order valence-corrected chi connectivity index (χ0v) is 9.76. The van der Waals surface area contributed by atoms with Gasteiger partial charge < -0.3 is 0 Å². The zero-order valence-electron chi connectivity index (χ0n) is 6.97. The van der Waals surface area contributed by atoms with Gasteiger partial charge >= 0.3 is 33.0 Å². The zero-order chi connectivity index (χ0) is 12.4. The molecule has 0 aliphatic heterocycles. The Morgan fingerprint density at radius 2 is 1.13 bits per heavy atom. The summed E-state index contributed by atoms with van der Waals surface area (Å²) in [4.78, 5) is 2.08. The van der Waals surface area contributed by atoms with Crippen LogP contribution >= 0.6 is 20.4 Å². The predicted molar refractivity (Wildman–Crippen MR) is 55.7 cm³/mol. The number of thiol groups is 1. The van der Waals surface area contributed by atoms with E-state index >= 15 is 0 Å². The van der Waals surface area contributed by atoms with Crippen molar-refractivity contribution in [1.29, 1.82) is 0 Å². The molecule has 0 amide bonds. The summed E-state index contributed by atoms with van der Waals surface area (Å²) >= 11 is 7.47. The van der Waals surface area contributed by atoms with Gasteiger partial charge in [-0.2, -0.15) is 0 Å². The van der Waals surface area contributed by atoms with Gasteiger partial charge in [-0.05, 0) is 36.9 Å². The molecular formula is C6H7F6PS2. The van der Waals surface area contributed by atoms with Crippen molar-refractivity contribution in [3.63, 3.8) is 0 Å². The summed E-state index contributed by atoms with van der Waals surface area (Å²) in [6.07, 6.45) is 0. The average Bonchev–Trinajstić information content (AvgIpc) is 1.88. The van der Waals surface area contributed by atoms with Crippen LogP contribution in [0.25, 0.3) is 0 Å². The van der Waals surface area contributed by atoms with Crippen LogP contribution in [0.4, 0.5) is 25.2 Å². The van der Waals surface area contributed by atoms with Crippen molar-refractivity contribution in [2.75, 3.05) is 0 Å². The van der Waals surface area contributed by atoms with Crippen LogP contribution in [0.3, 0.4) is 0 Å². The molecule has 0 N–H and O–H groups in total. The quantitative estimate of drug-likeness (QED) is 0.303. The molecule has 15 heavy (non-hydrogen) atoms. The molecule has 1 rings (SSSR count). The molecule has 0 saturated heterocycles. The molecule has 0 aliphatic carbocycles. The monoisotopic (exact) mass is 288 g/mol. The summed E-state index contributed by atoms with van der Waals surface area (Å²) in [6, 6.07) is 7.79. The molecular weight excluding hydrogens is 281 g/mol. The van der Waals surface area contributed by atoms with Crippen molar-refractivity contribution in [2.45, 2.75) is 9.79 Å². The maximum Gasteiger partial charge on any atom is 0.150 e. The number of hydrogen-bond donors (Lipinski definition) is 1. The third kappa shape index (κ3) is 20.1. The van der Waals surface area contributed by atoms with Crippen LogP contribution in [-0.4, -0.2) is 0 Å². The Morgan fingerprint density at radius 3 is 1.33 bits per heavy atom. The summed E-state index contributed by atoms with van der Waals surface area (Å²) in [6.45, 7) is 0. The minimum absolute atomic E-state index is 0.993. The Kier molecular flexibility index (Phi) is 3.73. The molecule has 0 bridgehead atoms. The van der Waals surface area contributed by atoms with E-state index in [0.29, 0.717) is 0 Å². The van der Waals surface area contributed by atoms with Crippen LogP contribution in [0.5, 0.6) is 0 Å². The summed E-state index contributed by atoms with van der Waals surface area (Å²) in [5.74, 6) is 0. The third-order valence-electron chi connectivity index (χ3n) is 0.867. The summed E-state index contributed by atoms with van der Waals surface area (Å²) in [5.41, 5.74) is 0. The topological polar surface area (TPSA) is 0 Å². The van der Waals surface area contributed by atoms with Gasteiger partial charge in [0.05, 0.1) is 0 Å². The molecule has 0 heterocycles. The van der Waals surface area contributed by atoms with Crippen LogP contribution in [0, 0.1) is 0 Å². The summed E-state index contributed by atoms with van der Waals surface area (Å²) in [7, 11) is -10.7. The molecule has 0 aliphatic rings. The Hall–Kier alpha value is -0.0700. The van der Waals surface area contributed by atoms with Gasteiger partial charge in [-0.3, -0.25) is 0 Å². The number of benzene rings is 1. The van der Waals surface area contributed by atoms with Gasteiger partial charge in [0.1, 0.15) is 4.90 Å². The van der Waals surface area contributed by atoms with Gasteiger partial charge in [0.25, 0.3) is 0 Å². The first kappa shape index (κ1) is 14.9. The minimum atomic E-state index is -10.7. The molecule has 0 radical (unpaired) electrons. The van der Waals surface area contributed by atoms with E-state index in [9.17, 15) is 25.2 Å². The maximum atomic E-state index is 9.87. The Balaban J connectivity index is 0.000000265. The van der Waals surface area contributed by atoms with Crippen molar-refractivity contribution < 1.29 is 25.2 Å². The molecule has 90 valence electrons. The van der Waals surface area contributed by atoms with E-state index in [1.165, 1.54) is 0 Å². The van der Waals surface area contributed by atoms with Crippen molar-refractivity contribution in [1.82, 2.24) is 0 Å². The number of rotatable bonds is 0. The molecule has 0 aromatic heterocycles. The van der Waals surface area contributed by atoms with Crippen LogP contribution in [0.2, 0.25) is 0 Å². The van der Waals surface area contributed by atoms with E-state index in [1.807, 2.05) is 24.3 Å². The minimum Gasteiger partial charge on any atom is -0.143 e. The molecule has 0 saturated carbocycles. The van der Waals surface area contributed by atoms with Crippen LogP contribution < -0.4 is 0 Å². The second-order valence-corrected chi connectivity index (χ2v) is 5.52. The smallest absolute Gasteiger partial charge is 0.143 e. The molecule has 1 aromatic carbocycles. The second-order valence-electron chi connectivity index (χ2n) is 2.51. The van der Waals surface area contributed by atoms with Crippen molar-refractivity contribution in [3.05, 3.63) is 24.3 Å². The van der Waals surface area contributed by atoms with Gasteiger partial charge in [-0.1, -0.05) is 0 Å². The average molecular weight is 288 g/mol. The summed E-state index contributed by atoms with van der Waals surface area (Å²) in [5, 5.41) is 0. The van der Waals surface area contributed by atoms with E-state index in [1.54, 1.807) is 0 Å². The standard InChI is InChI=1S/C6H6S2.F6P/c7-5-1-2-6(8)4-3-5;1-7(2,3,4,5)6/h1-4,7-8H;/q;-1/p+1. The fourth-order valence-electron chi connectivity index (χ4n) is 0.461. The molecule has 0 spiro atoms. The van der Waals surface area contributed by atoms with E-state index in [2.05, 4.69) is 25.3 Å². The third-order valence-corrected chi connectivity index (χ3v) is 1.50. The maximum absolute atomic E-state index is 10.7. The molecule has 0 atom stereocenters. The Morgan fingerprint density at radius 1 is 0.867 bits per heavy atom. The number of hydrogen-bond acceptors (Lipinski definition) is 1. The fraction of sp³-hybridized carbons (Fsp3) is 0. The van der Waals surface area contributed by atoms with Gasteiger partial charge in [0.2, 0.25) is 0 Å². The SMILES string of the molecule is F[P-](F)(F)(F)(F)F.Sc1ccc([SH2+])cc1. The van der Waals surface area contributed by atoms with Gasteiger partial charge in [-0.25, -0.2) is 0 Å². The first-order valence-electron chi connectivity index (χ1n) is 3.31. The van der Waals surface area contributed by atoms with Crippen molar-refractivity contribution in [2.24, 2.45) is 0 Å². The molecule has 0 unspecified atom stereocenters. The Bertz CT molecular complexity index is 295. The van der Waals surface area contributed by atoms with E-state index in [-0.39, 0.29) is 0 Å². The van der Waals surface area contributed by atoms with Crippen molar-refractivity contribution >= 4 is 33.1 Å². The second kappa shape index (κ2) is 3.75. The van der Waals surface area contributed by atoms with Crippen molar-refractivity contribution in [3.8, 4) is 0 Å².